The van der Waals surface area contributed by atoms with Crippen LogP contribution in [0.25, 0.3) is 0 Å². The first-order valence-electron chi connectivity index (χ1n) is 6.67. The van der Waals surface area contributed by atoms with E-state index in [0.29, 0.717) is 25.9 Å². The SMILES string of the molecule is C#CCCC1(CCC(=O)N2CC(C)(COC)C2)N=N1. The van der Waals surface area contributed by atoms with Crippen molar-refractivity contribution in [2.24, 2.45) is 15.6 Å². The van der Waals surface area contributed by atoms with Crippen LogP contribution in [0.15, 0.2) is 10.2 Å². The van der Waals surface area contributed by atoms with Crippen LogP contribution in [0.2, 0.25) is 0 Å². The van der Waals surface area contributed by atoms with Crippen molar-refractivity contribution in [2.75, 3.05) is 26.8 Å². The minimum atomic E-state index is -0.345. The molecule has 5 nitrogen and oxygen atoms in total. The van der Waals surface area contributed by atoms with Gasteiger partial charge in [-0.25, -0.2) is 0 Å². The Kier molecular flexibility index (Phi) is 3.91. The molecule has 2 rings (SSSR count). The predicted molar refractivity (Wildman–Crippen MR) is 71.5 cm³/mol. The van der Waals surface area contributed by atoms with Crippen molar-refractivity contribution in [1.29, 1.82) is 0 Å². The molecule has 19 heavy (non-hydrogen) atoms. The molecule has 1 saturated heterocycles. The normalized spacial score (nSPS) is 21.6. The Bertz CT molecular complexity index is 413. The summed E-state index contributed by atoms with van der Waals surface area (Å²) in [4.78, 5) is 13.9. The molecule has 2 aliphatic heterocycles. The second-order valence-corrected chi connectivity index (χ2v) is 5.88. The highest BCUT2D eigenvalue weighted by atomic mass is 16.5. The summed E-state index contributed by atoms with van der Waals surface area (Å²) in [5.41, 5.74) is -0.220. The molecule has 0 aromatic heterocycles. The van der Waals surface area contributed by atoms with Crippen molar-refractivity contribution in [3.8, 4) is 12.3 Å². The minimum Gasteiger partial charge on any atom is -0.384 e. The zero-order valence-corrected chi connectivity index (χ0v) is 11.7. The van der Waals surface area contributed by atoms with Crippen LogP contribution in [0.1, 0.15) is 32.6 Å². The van der Waals surface area contributed by atoms with Crippen LogP contribution < -0.4 is 0 Å². The predicted octanol–water partition coefficient (Wildman–Crippen LogP) is 1.84. The van der Waals surface area contributed by atoms with E-state index in [1.165, 1.54) is 0 Å². The number of terminal acetylenes is 1. The van der Waals surface area contributed by atoms with Crippen LogP contribution in [0.5, 0.6) is 0 Å². The molecule has 0 aromatic rings. The molecule has 1 fully saturated rings. The third-order valence-corrected chi connectivity index (χ3v) is 3.78. The third kappa shape index (κ3) is 3.32. The molecule has 0 N–H and O–H groups in total. The Balaban J connectivity index is 1.68. The molecule has 0 atom stereocenters. The number of nitrogens with zero attached hydrogens (tertiary/aromatic N) is 3. The van der Waals surface area contributed by atoms with Crippen LogP contribution in [-0.4, -0.2) is 43.3 Å². The molecule has 0 aliphatic carbocycles. The largest absolute Gasteiger partial charge is 0.384 e. The van der Waals surface area contributed by atoms with Gasteiger partial charge in [0.15, 0.2) is 5.66 Å². The first kappa shape index (κ1) is 14.0. The molecule has 0 spiro atoms. The van der Waals surface area contributed by atoms with E-state index in [1.807, 2.05) is 4.90 Å². The standard InChI is InChI=1S/C14H21N3O2/c1-4-5-7-14(15-16-14)8-6-12(18)17-9-13(2,10-17)11-19-3/h1H,5-11H2,2-3H3. The average molecular weight is 263 g/mol. The van der Waals surface area contributed by atoms with E-state index < -0.39 is 0 Å². The summed E-state index contributed by atoms with van der Waals surface area (Å²) in [7, 11) is 1.70. The summed E-state index contributed by atoms with van der Waals surface area (Å²) in [6.45, 7) is 4.41. The van der Waals surface area contributed by atoms with E-state index in [2.05, 4.69) is 23.1 Å². The number of carbonyl (C=O) groups excluding carboxylic acids is 1. The number of ether oxygens (including phenoxy) is 1. The van der Waals surface area contributed by atoms with E-state index in [4.69, 9.17) is 11.2 Å². The summed E-state index contributed by atoms with van der Waals surface area (Å²) in [5.74, 6) is 2.78. The highest BCUT2D eigenvalue weighted by molar-refractivity contribution is 5.77. The maximum Gasteiger partial charge on any atom is 0.222 e. The Morgan fingerprint density at radius 3 is 2.63 bits per heavy atom. The van der Waals surface area contributed by atoms with Gasteiger partial charge in [-0.05, 0) is 0 Å². The monoisotopic (exact) mass is 263 g/mol. The lowest BCUT2D eigenvalue weighted by atomic mass is 9.82. The van der Waals surface area contributed by atoms with Gasteiger partial charge in [0.2, 0.25) is 5.91 Å². The summed E-state index contributed by atoms with van der Waals surface area (Å²) < 4.78 is 5.16. The number of likely N-dealkylation sites (tertiary alicyclic amines) is 1. The van der Waals surface area contributed by atoms with E-state index in [1.54, 1.807) is 7.11 Å². The molecule has 0 aromatic carbocycles. The van der Waals surface area contributed by atoms with Crippen LogP contribution in [0.4, 0.5) is 0 Å². The summed E-state index contributed by atoms with van der Waals surface area (Å²) in [6.07, 6.45) is 7.85. The Morgan fingerprint density at radius 1 is 1.42 bits per heavy atom. The van der Waals surface area contributed by atoms with Crippen LogP contribution in [0, 0.1) is 17.8 Å². The number of hydrogen-bond donors (Lipinski definition) is 0. The second-order valence-electron chi connectivity index (χ2n) is 5.88. The smallest absolute Gasteiger partial charge is 0.222 e. The summed E-state index contributed by atoms with van der Waals surface area (Å²) in [6, 6.07) is 0. The van der Waals surface area contributed by atoms with Gasteiger partial charge < -0.3 is 9.64 Å². The quantitative estimate of drug-likeness (QED) is 0.658. The fourth-order valence-corrected chi connectivity index (χ4v) is 2.62. The number of amides is 1. The van der Waals surface area contributed by atoms with Crippen molar-refractivity contribution in [1.82, 2.24) is 4.90 Å². The average Bonchev–Trinajstić information content (AvgIpc) is 3.11. The second kappa shape index (κ2) is 5.30. The molecule has 2 aliphatic rings. The highest BCUT2D eigenvalue weighted by Gasteiger charge is 2.43. The lowest BCUT2D eigenvalue weighted by Gasteiger charge is -2.47. The van der Waals surface area contributed by atoms with Crippen molar-refractivity contribution in [3.63, 3.8) is 0 Å². The van der Waals surface area contributed by atoms with E-state index >= 15 is 0 Å². The number of methoxy groups -OCH3 is 1. The van der Waals surface area contributed by atoms with Gasteiger partial charge >= 0.3 is 0 Å². The first-order valence-corrected chi connectivity index (χ1v) is 6.67. The molecule has 0 unspecified atom stereocenters. The van der Waals surface area contributed by atoms with Crippen molar-refractivity contribution >= 4 is 5.91 Å². The van der Waals surface area contributed by atoms with E-state index in [-0.39, 0.29) is 17.0 Å². The van der Waals surface area contributed by atoms with Gasteiger partial charge in [-0.2, -0.15) is 10.2 Å². The van der Waals surface area contributed by atoms with Gasteiger partial charge in [-0.3, -0.25) is 4.79 Å². The van der Waals surface area contributed by atoms with Gasteiger partial charge in [0, 0.05) is 51.3 Å². The molecule has 0 bridgehead atoms. The first-order chi connectivity index (χ1) is 9.02. The Morgan fingerprint density at radius 2 is 2.11 bits per heavy atom. The van der Waals surface area contributed by atoms with Gasteiger partial charge in [-0.15, -0.1) is 12.3 Å². The van der Waals surface area contributed by atoms with Gasteiger partial charge in [0.05, 0.1) is 6.61 Å². The number of rotatable bonds is 7. The minimum absolute atomic E-state index is 0.125. The van der Waals surface area contributed by atoms with Crippen LogP contribution in [-0.2, 0) is 9.53 Å². The summed E-state index contributed by atoms with van der Waals surface area (Å²) in [5, 5.41) is 8.09. The fraction of sp³-hybridized carbons (Fsp3) is 0.786. The molecule has 0 radical (unpaired) electrons. The lowest BCUT2D eigenvalue weighted by Crippen LogP contribution is -2.58. The van der Waals surface area contributed by atoms with Crippen LogP contribution >= 0.6 is 0 Å². The Hall–Kier alpha value is -1.41. The molecular formula is C14H21N3O2. The van der Waals surface area contributed by atoms with Gasteiger partial charge in [0.25, 0.3) is 0 Å². The van der Waals surface area contributed by atoms with Crippen molar-refractivity contribution < 1.29 is 9.53 Å². The van der Waals surface area contributed by atoms with E-state index in [9.17, 15) is 4.79 Å². The van der Waals surface area contributed by atoms with E-state index in [0.717, 1.165) is 19.5 Å². The van der Waals surface area contributed by atoms with Gasteiger partial charge in [0.1, 0.15) is 0 Å². The fourth-order valence-electron chi connectivity index (χ4n) is 2.62. The van der Waals surface area contributed by atoms with Crippen molar-refractivity contribution in [3.05, 3.63) is 0 Å². The summed E-state index contributed by atoms with van der Waals surface area (Å²) >= 11 is 0. The topological polar surface area (TPSA) is 54.3 Å². The maximum atomic E-state index is 12.0. The Labute approximate surface area is 114 Å². The van der Waals surface area contributed by atoms with Gasteiger partial charge in [-0.1, -0.05) is 6.92 Å². The van der Waals surface area contributed by atoms with Crippen molar-refractivity contribution in [2.45, 2.75) is 38.3 Å². The maximum absolute atomic E-state index is 12.0. The molecule has 104 valence electrons. The number of carbonyl (C=O) groups is 1. The highest BCUT2D eigenvalue weighted by Crippen LogP contribution is 2.38. The zero-order chi connectivity index (χ0) is 13.9. The zero-order valence-electron chi connectivity index (χ0n) is 11.7. The third-order valence-electron chi connectivity index (χ3n) is 3.78. The molecule has 2 heterocycles. The number of hydrogen-bond acceptors (Lipinski definition) is 4. The van der Waals surface area contributed by atoms with Crippen LogP contribution in [0.3, 0.4) is 0 Å². The molecule has 1 amide bonds. The molecule has 0 saturated carbocycles. The molecule has 5 heteroatoms. The molecular weight excluding hydrogens is 242 g/mol. The lowest BCUT2D eigenvalue weighted by molar-refractivity contribution is -0.145.